The van der Waals surface area contributed by atoms with E-state index in [9.17, 15) is 0 Å². The van der Waals surface area contributed by atoms with E-state index >= 15 is 0 Å². The molecular weight excluding hydrogens is 144 g/mol. The predicted octanol–water partition coefficient (Wildman–Crippen LogP) is 4.15. The highest BCUT2D eigenvalue weighted by atomic mass is 14.3. The second-order valence-electron chi connectivity index (χ2n) is 4.89. The molecular formula is C12H22. The molecule has 2 rings (SSSR count). The molecule has 0 saturated heterocycles. The van der Waals surface area contributed by atoms with Crippen molar-refractivity contribution in [3.05, 3.63) is 0 Å². The zero-order valence-corrected chi connectivity index (χ0v) is 8.23. The summed E-state index contributed by atoms with van der Waals surface area (Å²) in [6.07, 6.45) is 15.4. The summed E-state index contributed by atoms with van der Waals surface area (Å²) in [5.74, 6) is 2.25. The third kappa shape index (κ3) is 2.24. The SMILES string of the molecule is C1CCC[C@@H]2CCCC(CC1)C2. The molecule has 2 atom stereocenters. The lowest BCUT2D eigenvalue weighted by atomic mass is 9.78. The maximum absolute atomic E-state index is 1.58. The number of rotatable bonds is 0. The van der Waals surface area contributed by atoms with Crippen LogP contribution in [0.1, 0.15) is 64.2 Å². The average molecular weight is 166 g/mol. The minimum absolute atomic E-state index is 1.13. The van der Waals surface area contributed by atoms with Crippen LogP contribution in [0.25, 0.3) is 0 Å². The van der Waals surface area contributed by atoms with E-state index in [4.69, 9.17) is 0 Å². The van der Waals surface area contributed by atoms with Crippen molar-refractivity contribution < 1.29 is 0 Å². The summed E-state index contributed by atoms with van der Waals surface area (Å²) < 4.78 is 0. The molecule has 0 amide bonds. The molecule has 0 heteroatoms. The van der Waals surface area contributed by atoms with E-state index < -0.39 is 0 Å². The van der Waals surface area contributed by atoms with Gasteiger partial charge in [0.1, 0.15) is 0 Å². The Labute approximate surface area is 76.7 Å². The van der Waals surface area contributed by atoms with Crippen LogP contribution in [0, 0.1) is 11.8 Å². The fourth-order valence-corrected chi connectivity index (χ4v) is 3.15. The van der Waals surface area contributed by atoms with Crippen LogP contribution in [-0.4, -0.2) is 0 Å². The Bertz CT molecular complexity index is 114. The highest BCUT2D eigenvalue weighted by Crippen LogP contribution is 2.36. The molecule has 0 N–H and O–H groups in total. The third-order valence-corrected chi connectivity index (χ3v) is 3.87. The van der Waals surface area contributed by atoms with Crippen LogP contribution in [0.4, 0.5) is 0 Å². The van der Waals surface area contributed by atoms with Gasteiger partial charge in [0.15, 0.2) is 0 Å². The standard InChI is InChI=1S/C12H22/c1-2-4-7-12-9-5-8-11(10-12)6-3-1/h11-12H,1-10H2/t11-,12?/m1/s1. The van der Waals surface area contributed by atoms with Crippen molar-refractivity contribution in [1.29, 1.82) is 0 Å². The van der Waals surface area contributed by atoms with Gasteiger partial charge in [0.05, 0.1) is 0 Å². The quantitative estimate of drug-likeness (QED) is 0.507. The van der Waals surface area contributed by atoms with E-state index in [0.717, 1.165) is 11.8 Å². The number of hydrogen-bond donors (Lipinski definition) is 0. The summed E-state index contributed by atoms with van der Waals surface area (Å²) in [5, 5.41) is 0. The molecule has 1 unspecified atom stereocenters. The maximum Gasteiger partial charge on any atom is -0.0412 e. The minimum Gasteiger partial charge on any atom is -0.0533 e. The van der Waals surface area contributed by atoms with Crippen LogP contribution in [-0.2, 0) is 0 Å². The topological polar surface area (TPSA) is 0 Å². The van der Waals surface area contributed by atoms with Crippen LogP contribution >= 0.6 is 0 Å². The zero-order valence-electron chi connectivity index (χ0n) is 8.23. The summed E-state index contributed by atoms with van der Waals surface area (Å²) >= 11 is 0. The van der Waals surface area contributed by atoms with Crippen molar-refractivity contribution in [2.45, 2.75) is 64.2 Å². The second kappa shape index (κ2) is 4.30. The zero-order chi connectivity index (χ0) is 8.23. The molecule has 2 fully saturated rings. The van der Waals surface area contributed by atoms with E-state index in [1.807, 2.05) is 0 Å². The summed E-state index contributed by atoms with van der Waals surface area (Å²) in [5.41, 5.74) is 0. The molecule has 2 aliphatic rings. The molecule has 0 aromatic rings. The summed E-state index contributed by atoms with van der Waals surface area (Å²) in [6.45, 7) is 0. The lowest BCUT2D eigenvalue weighted by Crippen LogP contribution is -2.14. The fourth-order valence-electron chi connectivity index (χ4n) is 3.15. The maximum atomic E-state index is 1.58. The van der Waals surface area contributed by atoms with Gasteiger partial charge in [-0.05, 0) is 18.3 Å². The monoisotopic (exact) mass is 166 g/mol. The Morgan fingerprint density at radius 2 is 1.00 bits per heavy atom. The fraction of sp³-hybridized carbons (Fsp3) is 1.00. The van der Waals surface area contributed by atoms with Gasteiger partial charge in [0.2, 0.25) is 0 Å². The normalized spacial score (nSPS) is 38.0. The first-order valence-electron chi connectivity index (χ1n) is 5.95. The van der Waals surface area contributed by atoms with Crippen molar-refractivity contribution in [2.75, 3.05) is 0 Å². The minimum atomic E-state index is 1.13. The van der Waals surface area contributed by atoms with Gasteiger partial charge in [0, 0.05) is 0 Å². The first-order chi connectivity index (χ1) is 5.95. The van der Waals surface area contributed by atoms with E-state index in [0.29, 0.717) is 0 Å². The molecule has 0 aromatic carbocycles. The Balaban J connectivity index is 1.88. The van der Waals surface area contributed by atoms with E-state index in [1.54, 1.807) is 32.1 Å². The van der Waals surface area contributed by atoms with Gasteiger partial charge < -0.3 is 0 Å². The highest BCUT2D eigenvalue weighted by Gasteiger charge is 2.22. The Morgan fingerprint density at radius 1 is 0.500 bits per heavy atom. The lowest BCUT2D eigenvalue weighted by Gasteiger charge is -2.28. The predicted molar refractivity (Wildman–Crippen MR) is 53.2 cm³/mol. The lowest BCUT2D eigenvalue weighted by molar-refractivity contribution is 0.247. The Hall–Kier alpha value is 0. The van der Waals surface area contributed by atoms with Crippen LogP contribution in [0.15, 0.2) is 0 Å². The van der Waals surface area contributed by atoms with E-state index in [2.05, 4.69) is 0 Å². The molecule has 70 valence electrons. The van der Waals surface area contributed by atoms with Crippen molar-refractivity contribution >= 4 is 0 Å². The van der Waals surface area contributed by atoms with Gasteiger partial charge in [0.25, 0.3) is 0 Å². The van der Waals surface area contributed by atoms with Gasteiger partial charge in [-0.2, -0.15) is 0 Å². The van der Waals surface area contributed by atoms with Crippen molar-refractivity contribution in [3.8, 4) is 0 Å². The Kier molecular flexibility index (Phi) is 3.08. The second-order valence-corrected chi connectivity index (χ2v) is 4.89. The number of hydrogen-bond acceptors (Lipinski definition) is 0. The molecule has 2 bridgehead atoms. The molecule has 0 aromatic heterocycles. The van der Waals surface area contributed by atoms with Gasteiger partial charge in [-0.1, -0.05) is 57.8 Å². The molecule has 2 aliphatic carbocycles. The van der Waals surface area contributed by atoms with Gasteiger partial charge in [-0.25, -0.2) is 0 Å². The van der Waals surface area contributed by atoms with Gasteiger partial charge in [-0.15, -0.1) is 0 Å². The summed E-state index contributed by atoms with van der Waals surface area (Å²) in [4.78, 5) is 0. The van der Waals surface area contributed by atoms with Crippen LogP contribution < -0.4 is 0 Å². The molecule has 0 spiro atoms. The average Bonchev–Trinajstić information content (AvgIpc) is 2.17. The molecule has 0 radical (unpaired) electrons. The first kappa shape index (κ1) is 8.59. The van der Waals surface area contributed by atoms with Crippen molar-refractivity contribution in [3.63, 3.8) is 0 Å². The smallest absolute Gasteiger partial charge is 0.0412 e. The molecule has 0 heterocycles. The van der Waals surface area contributed by atoms with Gasteiger partial charge in [-0.3, -0.25) is 0 Å². The van der Waals surface area contributed by atoms with Crippen molar-refractivity contribution in [1.82, 2.24) is 0 Å². The van der Waals surface area contributed by atoms with Gasteiger partial charge >= 0.3 is 0 Å². The summed E-state index contributed by atoms with van der Waals surface area (Å²) in [7, 11) is 0. The van der Waals surface area contributed by atoms with Crippen LogP contribution in [0.3, 0.4) is 0 Å². The Morgan fingerprint density at radius 3 is 1.58 bits per heavy atom. The summed E-state index contributed by atoms with van der Waals surface area (Å²) in [6, 6.07) is 0. The highest BCUT2D eigenvalue weighted by molar-refractivity contribution is 4.74. The van der Waals surface area contributed by atoms with Crippen LogP contribution in [0.5, 0.6) is 0 Å². The third-order valence-electron chi connectivity index (χ3n) is 3.87. The number of fused-ring (bicyclic) bond motifs is 2. The largest absolute Gasteiger partial charge is 0.0533 e. The van der Waals surface area contributed by atoms with Crippen LogP contribution in [0.2, 0.25) is 0 Å². The van der Waals surface area contributed by atoms with E-state index in [1.165, 1.54) is 32.1 Å². The molecule has 0 nitrogen and oxygen atoms in total. The van der Waals surface area contributed by atoms with Crippen molar-refractivity contribution in [2.24, 2.45) is 11.8 Å². The molecule has 2 saturated carbocycles. The molecule has 12 heavy (non-hydrogen) atoms. The molecule has 0 aliphatic heterocycles. The van der Waals surface area contributed by atoms with E-state index in [-0.39, 0.29) is 0 Å². The first-order valence-corrected chi connectivity index (χ1v) is 5.95.